The Hall–Kier alpha value is -4.90. The Kier molecular flexibility index (Phi) is 4.66. The second-order valence-electron chi connectivity index (χ2n) is 9.40. The predicted molar refractivity (Wildman–Crippen MR) is 147 cm³/mol. The molecule has 178 valence electrons. The van der Waals surface area contributed by atoms with E-state index in [1.54, 1.807) is 15.9 Å². The predicted octanol–water partition coefficient (Wildman–Crippen LogP) is 6.31. The van der Waals surface area contributed by atoms with Crippen LogP contribution in [0.1, 0.15) is 21.5 Å². The number of para-hydroxylation sites is 3. The van der Waals surface area contributed by atoms with E-state index in [0.29, 0.717) is 23.5 Å². The van der Waals surface area contributed by atoms with Gasteiger partial charge >= 0.3 is 0 Å². The number of fused-ring (bicyclic) bond motifs is 4. The van der Waals surface area contributed by atoms with Gasteiger partial charge in [-0.05, 0) is 46.7 Å². The number of rotatable bonds is 3. The minimum Gasteiger partial charge on any atom is -0.350 e. The summed E-state index contributed by atoms with van der Waals surface area (Å²) in [5, 5.41) is 5.76. The van der Waals surface area contributed by atoms with Gasteiger partial charge in [-0.25, -0.2) is 0 Å². The zero-order valence-corrected chi connectivity index (χ0v) is 20.0. The summed E-state index contributed by atoms with van der Waals surface area (Å²) in [6, 6.07) is 38.9. The van der Waals surface area contributed by atoms with Crippen molar-refractivity contribution >= 4 is 39.6 Å². The van der Waals surface area contributed by atoms with Crippen LogP contribution in [0.4, 0.5) is 17.1 Å². The highest BCUT2D eigenvalue weighted by molar-refractivity contribution is 6.22. The van der Waals surface area contributed by atoms with Gasteiger partial charge < -0.3 is 10.2 Å². The topological polar surface area (TPSA) is 52.7 Å². The zero-order chi connectivity index (χ0) is 25.0. The molecule has 0 saturated carbocycles. The second-order valence-corrected chi connectivity index (χ2v) is 9.40. The second kappa shape index (κ2) is 8.07. The number of anilines is 3. The molecule has 0 aliphatic carbocycles. The number of amides is 2. The van der Waals surface area contributed by atoms with Crippen molar-refractivity contribution in [3.8, 4) is 0 Å². The normalized spacial score (nSPS) is 18.2. The van der Waals surface area contributed by atoms with Crippen LogP contribution in [0.15, 0.2) is 121 Å². The van der Waals surface area contributed by atoms with E-state index in [1.165, 1.54) is 0 Å². The number of carbonyl (C=O) groups is 2. The summed E-state index contributed by atoms with van der Waals surface area (Å²) in [6.45, 7) is 0.388. The Morgan fingerprint density at radius 3 is 2.27 bits per heavy atom. The summed E-state index contributed by atoms with van der Waals surface area (Å²) in [5.41, 5.74) is 3.03. The van der Waals surface area contributed by atoms with Crippen molar-refractivity contribution in [2.45, 2.75) is 12.2 Å². The van der Waals surface area contributed by atoms with Gasteiger partial charge in [0.25, 0.3) is 11.8 Å². The highest BCUT2D eigenvalue weighted by Gasteiger charge is 2.59. The van der Waals surface area contributed by atoms with E-state index in [0.717, 1.165) is 27.6 Å². The third-order valence-corrected chi connectivity index (χ3v) is 7.37. The first-order valence-corrected chi connectivity index (χ1v) is 12.3. The summed E-state index contributed by atoms with van der Waals surface area (Å²) in [6.07, 6.45) is 0. The number of hydrogen-bond donors (Lipinski definition) is 1. The Morgan fingerprint density at radius 2 is 1.38 bits per heavy atom. The number of carbonyl (C=O) groups excluding carboxylic acids is 2. The van der Waals surface area contributed by atoms with E-state index in [-0.39, 0.29) is 11.8 Å². The highest BCUT2D eigenvalue weighted by atomic mass is 16.2. The largest absolute Gasteiger partial charge is 0.350 e. The molecule has 1 N–H and O–H groups in total. The van der Waals surface area contributed by atoms with Gasteiger partial charge in [-0.15, -0.1) is 0 Å². The standard InChI is InChI=1S/C32H23N3O2/c36-30-26-17-6-8-19-28(26)33-32(35(30)24-14-2-1-3-15-24)27-18-7-9-20-29(27)34(31(32)37)21-23-13-10-12-22-11-4-5-16-25(22)23/h1-20,33H,21H2/t32-/m1/s1. The van der Waals surface area contributed by atoms with Gasteiger partial charge in [0, 0.05) is 16.9 Å². The van der Waals surface area contributed by atoms with Crippen LogP contribution >= 0.6 is 0 Å². The quantitative estimate of drug-likeness (QED) is 0.328. The first-order valence-electron chi connectivity index (χ1n) is 12.3. The lowest BCUT2D eigenvalue weighted by atomic mass is 9.92. The molecule has 5 nitrogen and oxygen atoms in total. The smallest absolute Gasteiger partial charge is 0.279 e. The minimum absolute atomic E-state index is 0.187. The van der Waals surface area contributed by atoms with Crippen molar-refractivity contribution in [1.29, 1.82) is 0 Å². The fraction of sp³-hybridized carbons (Fsp3) is 0.0625. The Bertz CT molecular complexity index is 1690. The van der Waals surface area contributed by atoms with Gasteiger partial charge in [0.1, 0.15) is 0 Å². The molecule has 0 unspecified atom stereocenters. The van der Waals surface area contributed by atoms with Crippen molar-refractivity contribution < 1.29 is 9.59 Å². The molecule has 0 radical (unpaired) electrons. The van der Waals surface area contributed by atoms with Crippen LogP contribution in [0.2, 0.25) is 0 Å². The van der Waals surface area contributed by atoms with Crippen molar-refractivity contribution in [3.63, 3.8) is 0 Å². The lowest BCUT2D eigenvalue weighted by Gasteiger charge is -2.45. The van der Waals surface area contributed by atoms with Gasteiger partial charge in [-0.1, -0.05) is 91.0 Å². The molecule has 37 heavy (non-hydrogen) atoms. The molecule has 2 aliphatic rings. The molecular weight excluding hydrogens is 458 g/mol. The molecule has 0 fully saturated rings. The summed E-state index contributed by atoms with van der Waals surface area (Å²) in [4.78, 5) is 32.2. The molecule has 2 aliphatic heterocycles. The van der Waals surface area contributed by atoms with Crippen LogP contribution in [0.3, 0.4) is 0 Å². The fourth-order valence-corrected chi connectivity index (χ4v) is 5.72. The molecule has 5 heteroatoms. The van der Waals surface area contributed by atoms with Gasteiger partial charge in [-0.2, -0.15) is 0 Å². The van der Waals surface area contributed by atoms with E-state index in [4.69, 9.17) is 0 Å². The van der Waals surface area contributed by atoms with Crippen LogP contribution in [0.25, 0.3) is 10.8 Å². The lowest BCUT2D eigenvalue weighted by Crippen LogP contribution is -2.63. The van der Waals surface area contributed by atoms with Gasteiger partial charge in [0.05, 0.1) is 17.8 Å². The van der Waals surface area contributed by atoms with E-state index in [1.807, 2.05) is 91.0 Å². The number of hydrogen-bond acceptors (Lipinski definition) is 3. The number of nitrogens with zero attached hydrogens (tertiary/aromatic N) is 2. The van der Waals surface area contributed by atoms with Crippen LogP contribution < -0.4 is 15.1 Å². The van der Waals surface area contributed by atoms with Crippen molar-refractivity contribution in [1.82, 2.24) is 0 Å². The lowest BCUT2D eigenvalue weighted by molar-refractivity contribution is -0.122. The molecule has 2 heterocycles. The Balaban J connectivity index is 1.44. The van der Waals surface area contributed by atoms with E-state index >= 15 is 0 Å². The third kappa shape index (κ3) is 3.04. The van der Waals surface area contributed by atoms with Gasteiger partial charge in [0.2, 0.25) is 5.66 Å². The van der Waals surface area contributed by atoms with Gasteiger partial charge in [0.15, 0.2) is 0 Å². The molecular formula is C32H23N3O2. The molecule has 1 spiro atoms. The molecule has 0 saturated heterocycles. The van der Waals surface area contributed by atoms with Crippen molar-refractivity contribution in [2.75, 3.05) is 15.1 Å². The monoisotopic (exact) mass is 481 g/mol. The average Bonchev–Trinajstić information content (AvgIpc) is 3.17. The van der Waals surface area contributed by atoms with Crippen LogP contribution in [0.5, 0.6) is 0 Å². The average molecular weight is 482 g/mol. The van der Waals surface area contributed by atoms with E-state index < -0.39 is 5.66 Å². The Labute approximate surface area is 214 Å². The Morgan fingerprint density at radius 1 is 0.676 bits per heavy atom. The third-order valence-electron chi connectivity index (χ3n) is 7.37. The minimum atomic E-state index is -1.41. The first kappa shape index (κ1) is 21.4. The first-order chi connectivity index (χ1) is 18.2. The van der Waals surface area contributed by atoms with Crippen LogP contribution in [-0.2, 0) is 17.0 Å². The van der Waals surface area contributed by atoms with Gasteiger partial charge in [-0.3, -0.25) is 14.5 Å². The summed E-state index contributed by atoms with van der Waals surface area (Å²) >= 11 is 0. The summed E-state index contributed by atoms with van der Waals surface area (Å²) in [7, 11) is 0. The van der Waals surface area contributed by atoms with Crippen LogP contribution in [-0.4, -0.2) is 11.8 Å². The number of benzene rings is 5. The van der Waals surface area contributed by atoms with E-state index in [9.17, 15) is 9.59 Å². The van der Waals surface area contributed by atoms with E-state index in [2.05, 4.69) is 29.6 Å². The van der Waals surface area contributed by atoms with Crippen molar-refractivity contribution in [2.24, 2.45) is 0 Å². The van der Waals surface area contributed by atoms with Crippen LogP contribution in [0, 0.1) is 0 Å². The molecule has 5 aromatic rings. The summed E-state index contributed by atoms with van der Waals surface area (Å²) < 4.78 is 0. The number of nitrogens with one attached hydrogen (secondary N) is 1. The maximum absolute atomic E-state index is 14.7. The molecule has 0 bridgehead atoms. The maximum atomic E-state index is 14.7. The summed E-state index contributed by atoms with van der Waals surface area (Å²) in [5.74, 6) is -0.399. The SMILES string of the molecule is O=C1c2ccccc2N[C@@]2(C(=O)N(Cc3cccc4ccccc34)c3ccccc32)N1c1ccccc1. The molecule has 1 atom stereocenters. The zero-order valence-electron chi connectivity index (χ0n) is 20.0. The fourth-order valence-electron chi connectivity index (χ4n) is 5.72. The molecule has 0 aromatic heterocycles. The maximum Gasteiger partial charge on any atom is 0.279 e. The molecule has 2 amide bonds. The molecule has 7 rings (SSSR count). The van der Waals surface area contributed by atoms with Crippen molar-refractivity contribution in [3.05, 3.63) is 138 Å². The molecule has 5 aromatic carbocycles. The highest BCUT2D eigenvalue weighted by Crippen LogP contribution is 2.50.